The molecule has 0 aromatic heterocycles. The van der Waals surface area contributed by atoms with E-state index in [2.05, 4.69) is 0 Å². The lowest BCUT2D eigenvalue weighted by atomic mass is 9.96. The topological polar surface area (TPSA) is 66.9 Å². The molecule has 24 heavy (non-hydrogen) atoms. The van der Waals surface area contributed by atoms with Crippen LogP contribution in [0, 0.1) is 11.7 Å². The molecule has 1 saturated heterocycles. The van der Waals surface area contributed by atoms with Gasteiger partial charge in [0, 0.05) is 25.1 Å². The number of piperidine rings is 1. The maximum atomic E-state index is 13.3. The maximum Gasteiger partial charge on any atom is 0.230 e. The first-order chi connectivity index (χ1) is 11.4. The van der Waals surface area contributed by atoms with E-state index in [1.807, 2.05) is 0 Å². The third-order valence-electron chi connectivity index (χ3n) is 4.61. The summed E-state index contributed by atoms with van der Waals surface area (Å²) in [5.41, 5.74) is 0.580. The van der Waals surface area contributed by atoms with Crippen LogP contribution in [0.25, 0.3) is 0 Å². The molecular weight excluding hydrogens is 335 g/mol. The van der Waals surface area contributed by atoms with Crippen molar-refractivity contribution in [2.24, 2.45) is 5.92 Å². The van der Waals surface area contributed by atoms with E-state index in [0.717, 1.165) is 0 Å². The fourth-order valence-corrected chi connectivity index (χ4v) is 4.34. The summed E-state index contributed by atoms with van der Waals surface area (Å²) in [6.07, 6.45) is 1.01. The Labute approximate surface area is 141 Å². The molecule has 132 valence electrons. The second kappa shape index (κ2) is 6.68. The molecule has 0 atom stereocenters. The standard InChI is InChI=1S/C16H21FN2O4S/c1-2-24(21,22)18-7-5-12(6-8-18)16(20)19-9-10-23-15-11-13(17)3-4-14(15)19/h3-4,11-12H,2,5-10H2,1H3. The number of nitrogens with zero attached hydrogens (tertiary/aromatic N) is 2. The highest BCUT2D eigenvalue weighted by molar-refractivity contribution is 7.89. The van der Waals surface area contributed by atoms with Gasteiger partial charge in [-0.25, -0.2) is 17.1 Å². The molecule has 2 aliphatic heterocycles. The van der Waals surface area contributed by atoms with Gasteiger partial charge in [0.25, 0.3) is 0 Å². The van der Waals surface area contributed by atoms with Gasteiger partial charge in [0.1, 0.15) is 18.2 Å². The molecule has 3 rings (SSSR count). The molecule has 8 heteroatoms. The van der Waals surface area contributed by atoms with Crippen molar-refractivity contribution in [3.05, 3.63) is 24.0 Å². The molecule has 2 aliphatic rings. The Kier molecular flexibility index (Phi) is 4.78. The molecule has 0 N–H and O–H groups in total. The zero-order valence-electron chi connectivity index (χ0n) is 13.6. The van der Waals surface area contributed by atoms with Gasteiger partial charge < -0.3 is 9.64 Å². The van der Waals surface area contributed by atoms with Gasteiger partial charge in [-0.2, -0.15) is 0 Å². The highest BCUT2D eigenvalue weighted by Crippen LogP contribution is 2.34. The van der Waals surface area contributed by atoms with Crippen LogP contribution in [-0.2, 0) is 14.8 Å². The minimum Gasteiger partial charge on any atom is -0.489 e. The quantitative estimate of drug-likeness (QED) is 0.825. The molecule has 1 amide bonds. The van der Waals surface area contributed by atoms with Gasteiger partial charge in [0.15, 0.2) is 0 Å². The number of halogens is 1. The smallest absolute Gasteiger partial charge is 0.230 e. The molecule has 0 radical (unpaired) electrons. The van der Waals surface area contributed by atoms with E-state index >= 15 is 0 Å². The SMILES string of the molecule is CCS(=O)(=O)N1CCC(C(=O)N2CCOc3cc(F)ccc32)CC1. The number of sulfonamides is 1. The van der Waals surface area contributed by atoms with E-state index in [9.17, 15) is 17.6 Å². The van der Waals surface area contributed by atoms with Crippen molar-refractivity contribution in [2.75, 3.05) is 36.9 Å². The van der Waals surface area contributed by atoms with Crippen molar-refractivity contribution in [3.8, 4) is 5.75 Å². The third kappa shape index (κ3) is 3.25. The van der Waals surface area contributed by atoms with Gasteiger partial charge >= 0.3 is 0 Å². The van der Waals surface area contributed by atoms with Crippen LogP contribution in [-0.4, -0.2) is 50.6 Å². The zero-order valence-corrected chi connectivity index (χ0v) is 14.4. The lowest BCUT2D eigenvalue weighted by Crippen LogP contribution is -2.46. The van der Waals surface area contributed by atoms with E-state index in [0.29, 0.717) is 50.5 Å². The predicted molar refractivity (Wildman–Crippen MR) is 88.0 cm³/mol. The summed E-state index contributed by atoms with van der Waals surface area (Å²) in [5.74, 6) is -0.209. The second-order valence-electron chi connectivity index (χ2n) is 6.02. The monoisotopic (exact) mass is 356 g/mol. The third-order valence-corrected chi connectivity index (χ3v) is 6.49. The Balaban J connectivity index is 1.71. The maximum absolute atomic E-state index is 13.3. The first-order valence-electron chi connectivity index (χ1n) is 8.14. The summed E-state index contributed by atoms with van der Waals surface area (Å²) in [4.78, 5) is 14.5. The Bertz CT molecular complexity index is 730. The molecule has 0 bridgehead atoms. The molecule has 2 heterocycles. The number of ether oxygens (including phenoxy) is 1. The summed E-state index contributed by atoms with van der Waals surface area (Å²) in [5, 5.41) is 0. The normalized spacial score (nSPS) is 19.7. The fraction of sp³-hybridized carbons (Fsp3) is 0.562. The van der Waals surface area contributed by atoms with E-state index in [4.69, 9.17) is 4.74 Å². The van der Waals surface area contributed by atoms with E-state index in [-0.39, 0.29) is 17.6 Å². The van der Waals surface area contributed by atoms with E-state index in [1.165, 1.54) is 16.4 Å². The minimum atomic E-state index is -3.20. The Morgan fingerprint density at radius 3 is 2.67 bits per heavy atom. The average Bonchev–Trinajstić information content (AvgIpc) is 2.60. The Morgan fingerprint density at radius 1 is 1.29 bits per heavy atom. The number of anilines is 1. The van der Waals surface area contributed by atoms with Crippen LogP contribution in [0.2, 0.25) is 0 Å². The average molecular weight is 356 g/mol. The van der Waals surface area contributed by atoms with Gasteiger partial charge in [-0.3, -0.25) is 4.79 Å². The molecular formula is C16H21FN2O4S. The van der Waals surface area contributed by atoms with Crippen LogP contribution < -0.4 is 9.64 Å². The van der Waals surface area contributed by atoms with Crippen molar-refractivity contribution in [1.82, 2.24) is 4.31 Å². The van der Waals surface area contributed by atoms with Crippen LogP contribution in [0.1, 0.15) is 19.8 Å². The van der Waals surface area contributed by atoms with Gasteiger partial charge in [-0.05, 0) is 31.9 Å². The molecule has 1 aromatic carbocycles. The van der Waals surface area contributed by atoms with Crippen LogP contribution in [0.5, 0.6) is 5.75 Å². The van der Waals surface area contributed by atoms with Crippen molar-refractivity contribution in [1.29, 1.82) is 0 Å². The number of fused-ring (bicyclic) bond motifs is 1. The molecule has 0 spiro atoms. The van der Waals surface area contributed by atoms with E-state index in [1.54, 1.807) is 17.9 Å². The van der Waals surface area contributed by atoms with Crippen LogP contribution in [0.3, 0.4) is 0 Å². The van der Waals surface area contributed by atoms with Gasteiger partial charge in [0.2, 0.25) is 15.9 Å². The van der Waals surface area contributed by atoms with Gasteiger partial charge in [0.05, 0.1) is 18.0 Å². The number of carbonyl (C=O) groups is 1. The van der Waals surface area contributed by atoms with Crippen molar-refractivity contribution in [3.63, 3.8) is 0 Å². The summed E-state index contributed by atoms with van der Waals surface area (Å²) >= 11 is 0. The molecule has 0 unspecified atom stereocenters. The Morgan fingerprint density at radius 2 is 2.00 bits per heavy atom. The van der Waals surface area contributed by atoms with Gasteiger partial charge in [-0.15, -0.1) is 0 Å². The Hall–Kier alpha value is -1.67. The number of hydrogen-bond donors (Lipinski definition) is 0. The number of rotatable bonds is 3. The predicted octanol–water partition coefficient (Wildman–Crippen LogP) is 1.61. The fourth-order valence-electron chi connectivity index (χ4n) is 3.21. The highest BCUT2D eigenvalue weighted by atomic mass is 32.2. The summed E-state index contributed by atoms with van der Waals surface area (Å²) in [7, 11) is -3.20. The first-order valence-corrected chi connectivity index (χ1v) is 9.75. The first kappa shape index (κ1) is 17.2. The minimum absolute atomic E-state index is 0.0419. The van der Waals surface area contributed by atoms with Crippen molar-refractivity contribution >= 4 is 21.6 Å². The second-order valence-corrected chi connectivity index (χ2v) is 8.28. The highest BCUT2D eigenvalue weighted by Gasteiger charge is 2.34. The molecule has 1 fully saturated rings. The summed E-state index contributed by atoms with van der Waals surface area (Å²) in [6.45, 7) is 3.10. The molecule has 0 saturated carbocycles. The van der Waals surface area contributed by atoms with Crippen LogP contribution in [0.4, 0.5) is 10.1 Å². The number of hydrogen-bond acceptors (Lipinski definition) is 4. The van der Waals surface area contributed by atoms with Gasteiger partial charge in [-0.1, -0.05) is 0 Å². The number of amides is 1. The van der Waals surface area contributed by atoms with E-state index < -0.39 is 15.8 Å². The van der Waals surface area contributed by atoms with Crippen LogP contribution >= 0.6 is 0 Å². The van der Waals surface area contributed by atoms with Crippen LogP contribution in [0.15, 0.2) is 18.2 Å². The van der Waals surface area contributed by atoms with Crippen molar-refractivity contribution < 1.29 is 22.3 Å². The summed E-state index contributed by atoms with van der Waals surface area (Å²) < 4.78 is 44.0. The molecule has 6 nitrogen and oxygen atoms in total. The zero-order chi connectivity index (χ0) is 17.3. The molecule has 0 aliphatic carbocycles. The molecule has 1 aromatic rings. The lowest BCUT2D eigenvalue weighted by Gasteiger charge is -2.35. The largest absolute Gasteiger partial charge is 0.489 e. The number of carbonyl (C=O) groups excluding carboxylic acids is 1. The number of benzene rings is 1. The lowest BCUT2D eigenvalue weighted by molar-refractivity contribution is -0.123. The summed E-state index contributed by atoms with van der Waals surface area (Å²) in [6, 6.07) is 4.15. The van der Waals surface area contributed by atoms with Crippen molar-refractivity contribution in [2.45, 2.75) is 19.8 Å².